The van der Waals surface area contributed by atoms with Gasteiger partial charge in [-0.3, -0.25) is 15.1 Å². The summed E-state index contributed by atoms with van der Waals surface area (Å²) < 4.78 is 0. The van der Waals surface area contributed by atoms with Gasteiger partial charge in [-0.05, 0) is 12.2 Å². The van der Waals surface area contributed by atoms with Crippen LogP contribution in [0.25, 0.3) is 0 Å². The summed E-state index contributed by atoms with van der Waals surface area (Å²) in [6.07, 6.45) is 5.59. The van der Waals surface area contributed by atoms with Crippen LogP contribution in [0.15, 0.2) is 29.0 Å². The van der Waals surface area contributed by atoms with E-state index in [1.54, 1.807) is 12.2 Å². The number of nitro groups is 1. The molecule has 1 heterocycles. The van der Waals surface area contributed by atoms with Gasteiger partial charge in [0.15, 0.2) is 0 Å². The van der Waals surface area contributed by atoms with E-state index >= 15 is 0 Å². The van der Waals surface area contributed by atoms with Gasteiger partial charge in [0.25, 0.3) is 6.20 Å². The predicted octanol–water partition coefficient (Wildman–Crippen LogP) is 1.77. The molecule has 0 spiro atoms. The van der Waals surface area contributed by atoms with E-state index in [9.17, 15) is 10.1 Å². The number of allylic oxidation sites excluding steroid dienone is 2. The Balaban J connectivity index is 0.000000461. The highest BCUT2D eigenvalue weighted by Crippen LogP contribution is 2.02. The van der Waals surface area contributed by atoms with Crippen molar-refractivity contribution in [1.29, 1.82) is 0 Å². The van der Waals surface area contributed by atoms with Gasteiger partial charge in [0.1, 0.15) is 5.70 Å². The minimum absolute atomic E-state index is 0.389. The van der Waals surface area contributed by atoms with E-state index in [0.717, 1.165) is 6.20 Å². The molecular formula is C7H10N2O2. The first-order valence-corrected chi connectivity index (χ1v) is 3.35. The van der Waals surface area contributed by atoms with Crippen LogP contribution >= 0.6 is 0 Å². The molecule has 0 unspecified atom stereocenters. The first kappa shape index (κ1) is 9.55. The lowest BCUT2D eigenvalue weighted by Crippen LogP contribution is -1.84. The van der Waals surface area contributed by atoms with E-state index in [4.69, 9.17) is 0 Å². The Morgan fingerprint density at radius 3 is 2.64 bits per heavy atom. The SMILES string of the molecule is CC.O=[N+]([O-])C=C1C=CC=N1. The van der Waals surface area contributed by atoms with Crippen molar-refractivity contribution >= 4 is 6.21 Å². The Bertz CT molecular complexity index is 202. The number of hydrogen-bond donors (Lipinski definition) is 0. The molecule has 0 atom stereocenters. The van der Waals surface area contributed by atoms with Gasteiger partial charge in [-0.1, -0.05) is 13.8 Å². The second-order valence-corrected chi connectivity index (χ2v) is 1.48. The molecule has 4 heteroatoms. The fourth-order valence-electron chi connectivity index (χ4n) is 0.498. The van der Waals surface area contributed by atoms with Crippen molar-refractivity contribution < 1.29 is 4.92 Å². The Labute approximate surface area is 65.1 Å². The molecule has 0 saturated heterocycles. The van der Waals surface area contributed by atoms with Gasteiger partial charge in [-0.2, -0.15) is 0 Å². The Morgan fingerprint density at radius 1 is 1.64 bits per heavy atom. The molecule has 4 nitrogen and oxygen atoms in total. The fourth-order valence-corrected chi connectivity index (χ4v) is 0.498. The van der Waals surface area contributed by atoms with Gasteiger partial charge >= 0.3 is 0 Å². The highest BCUT2D eigenvalue weighted by molar-refractivity contribution is 5.76. The summed E-state index contributed by atoms with van der Waals surface area (Å²) in [5, 5.41) is 9.78. The van der Waals surface area contributed by atoms with Crippen molar-refractivity contribution in [3.63, 3.8) is 0 Å². The number of hydrogen-bond acceptors (Lipinski definition) is 3. The Morgan fingerprint density at radius 2 is 2.27 bits per heavy atom. The normalized spacial score (nSPS) is 16.4. The molecule has 0 amide bonds. The number of nitrogens with zero attached hydrogens (tertiary/aromatic N) is 2. The van der Waals surface area contributed by atoms with Gasteiger partial charge in [0.2, 0.25) is 0 Å². The predicted molar refractivity (Wildman–Crippen MR) is 44.1 cm³/mol. The van der Waals surface area contributed by atoms with E-state index in [-0.39, 0.29) is 0 Å². The zero-order valence-electron chi connectivity index (χ0n) is 6.52. The van der Waals surface area contributed by atoms with Crippen LogP contribution in [0, 0.1) is 10.1 Å². The molecule has 1 aliphatic heterocycles. The summed E-state index contributed by atoms with van der Waals surface area (Å²) in [7, 11) is 0. The molecule has 0 saturated carbocycles. The lowest BCUT2D eigenvalue weighted by molar-refractivity contribution is -0.403. The molecule has 60 valence electrons. The third-order valence-electron chi connectivity index (χ3n) is 0.814. The highest BCUT2D eigenvalue weighted by Gasteiger charge is 1.97. The molecule has 0 aromatic carbocycles. The van der Waals surface area contributed by atoms with Crippen molar-refractivity contribution in [1.82, 2.24) is 0 Å². The number of rotatable bonds is 1. The quantitative estimate of drug-likeness (QED) is 0.427. The summed E-state index contributed by atoms with van der Waals surface area (Å²) in [6.45, 7) is 4.00. The maximum absolute atomic E-state index is 9.78. The first-order valence-electron chi connectivity index (χ1n) is 3.35. The van der Waals surface area contributed by atoms with E-state index in [2.05, 4.69) is 4.99 Å². The summed E-state index contributed by atoms with van der Waals surface area (Å²) in [5.41, 5.74) is 0.389. The van der Waals surface area contributed by atoms with Crippen molar-refractivity contribution in [2.24, 2.45) is 4.99 Å². The standard InChI is InChI=1S/C5H4N2O2.C2H6/c8-7(9)4-5-2-1-3-6-5;1-2/h1-4H;1-2H3. The van der Waals surface area contributed by atoms with Crippen LogP contribution in [0.2, 0.25) is 0 Å². The molecule has 0 aromatic rings. The minimum atomic E-state index is -0.525. The summed E-state index contributed by atoms with van der Waals surface area (Å²) in [4.78, 5) is 12.9. The molecule has 0 N–H and O–H groups in total. The average molecular weight is 154 g/mol. The van der Waals surface area contributed by atoms with Crippen molar-refractivity contribution in [3.8, 4) is 0 Å². The Hall–Kier alpha value is -1.45. The van der Waals surface area contributed by atoms with Crippen LogP contribution in [-0.2, 0) is 0 Å². The zero-order chi connectivity index (χ0) is 8.69. The molecule has 11 heavy (non-hydrogen) atoms. The van der Waals surface area contributed by atoms with Crippen molar-refractivity contribution in [2.45, 2.75) is 13.8 Å². The average Bonchev–Trinajstić information content (AvgIpc) is 2.43. The molecule has 0 aliphatic carbocycles. The lowest BCUT2D eigenvalue weighted by atomic mass is 10.5. The van der Waals surface area contributed by atoms with Crippen LogP contribution in [0.3, 0.4) is 0 Å². The second-order valence-electron chi connectivity index (χ2n) is 1.48. The van der Waals surface area contributed by atoms with Gasteiger partial charge in [0, 0.05) is 6.21 Å². The van der Waals surface area contributed by atoms with Gasteiger partial charge in [-0.25, -0.2) is 0 Å². The fraction of sp³-hybridized carbons (Fsp3) is 0.286. The van der Waals surface area contributed by atoms with Crippen LogP contribution in [0.4, 0.5) is 0 Å². The lowest BCUT2D eigenvalue weighted by Gasteiger charge is -1.79. The summed E-state index contributed by atoms with van der Waals surface area (Å²) in [6, 6.07) is 0. The monoisotopic (exact) mass is 154 g/mol. The molecule has 1 rings (SSSR count). The maximum Gasteiger partial charge on any atom is 0.259 e. The van der Waals surface area contributed by atoms with Crippen LogP contribution < -0.4 is 0 Å². The van der Waals surface area contributed by atoms with Crippen LogP contribution in [-0.4, -0.2) is 11.1 Å². The minimum Gasteiger partial charge on any atom is -0.259 e. The summed E-state index contributed by atoms with van der Waals surface area (Å²) >= 11 is 0. The van der Waals surface area contributed by atoms with E-state index < -0.39 is 4.92 Å². The zero-order valence-corrected chi connectivity index (χ0v) is 6.52. The van der Waals surface area contributed by atoms with Crippen LogP contribution in [0.5, 0.6) is 0 Å². The highest BCUT2D eigenvalue weighted by atomic mass is 16.6. The van der Waals surface area contributed by atoms with Gasteiger partial charge in [-0.15, -0.1) is 0 Å². The molecule has 1 aliphatic rings. The molecule has 0 aromatic heterocycles. The third kappa shape index (κ3) is 4.02. The van der Waals surface area contributed by atoms with Gasteiger partial charge < -0.3 is 0 Å². The van der Waals surface area contributed by atoms with Crippen molar-refractivity contribution in [2.75, 3.05) is 0 Å². The third-order valence-corrected chi connectivity index (χ3v) is 0.814. The molecule has 0 radical (unpaired) electrons. The van der Waals surface area contributed by atoms with Crippen LogP contribution in [0.1, 0.15) is 13.8 Å². The summed E-state index contributed by atoms with van der Waals surface area (Å²) in [5.74, 6) is 0. The smallest absolute Gasteiger partial charge is 0.259 e. The van der Waals surface area contributed by atoms with E-state index in [1.807, 2.05) is 13.8 Å². The molecular weight excluding hydrogens is 144 g/mol. The first-order chi connectivity index (χ1) is 5.29. The molecule has 0 fully saturated rings. The maximum atomic E-state index is 9.78. The van der Waals surface area contributed by atoms with Gasteiger partial charge in [0.05, 0.1) is 4.92 Å². The van der Waals surface area contributed by atoms with Crippen molar-refractivity contribution in [3.05, 3.63) is 34.2 Å². The largest absolute Gasteiger partial charge is 0.259 e. The Kier molecular flexibility index (Phi) is 4.64. The van der Waals surface area contributed by atoms with E-state index in [1.165, 1.54) is 6.21 Å². The second kappa shape index (κ2) is 5.34. The molecule has 0 bridgehead atoms. The topological polar surface area (TPSA) is 55.5 Å². The van der Waals surface area contributed by atoms with E-state index in [0.29, 0.717) is 5.70 Å². The number of aliphatic imine (C=N–C) groups is 1.